The Kier molecular flexibility index (Phi) is 5.78. The largest absolute Gasteiger partial charge is 0.371 e. The van der Waals surface area contributed by atoms with Crippen molar-refractivity contribution in [3.05, 3.63) is 59.2 Å². The Labute approximate surface area is 175 Å². The molecule has 0 aliphatic carbocycles. The van der Waals surface area contributed by atoms with Crippen molar-refractivity contribution < 1.29 is 18.3 Å². The molecule has 1 aliphatic heterocycles. The molecule has 7 nitrogen and oxygen atoms in total. The highest BCUT2D eigenvalue weighted by atomic mass is 32.2. The molecule has 0 bridgehead atoms. The minimum absolute atomic E-state index is 0.0399. The minimum atomic E-state index is -0.958. The van der Waals surface area contributed by atoms with Crippen LogP contribution in [0.1, 0.15) is 21.7 Å². The van der Waals surface area contributed by atoms with Crippen LogP contribution in [0.15, 0.2) is 35.7 Å². The summed E-state index contributed by atoms with van der Waals surface area (Å²) in [5.74, 6) is -2.12. The van der Waals surface area contributed by atoms with Crippen molar-refractivity contribution in [2.24, 2.45) is 0 Å². The van der Waals surface area contributed by atoms with Gasteiger partial charge in [0.25, 0.3) is 5.91 Å². The number of carbonyl (C=O) groups excluding carboxylic acids is 1. The third-order valence-corrected chi connectivity index (χ3v) is 5.16. The summed E-state index contributed by atoms with van der Waals surface area (Å²) >= 11 is 1.42. The van der Waals surface area contributed by atoms with Gasteiger partial charge in [0.2, 0.25) is 0 Å². The monoisotopic (exact) mass is 431 g/mol. The second-order valence-electron chi connectivity index (χ2n) is 6.88. The number of carbonyl (C=O) groups is 1. The predicted molar refractivity (Wildman–Crippen MR) is 107 cm³/mol. The Bertz CT molecular complexity index is 1100. The van der Waals surface area contributed by atoms with Crippen LogP contribution in [-0.4, -0.2) is 44.4 Å². The zero-order chi connectivity index (χ0) is 21.3. The van der Waals surface area contributed by atoms with E-state index in [4.69, 9.17) is 4.74 Å². The van der Waals surface area contributed by atoms with Crippen LogP contribution < -0.4 is 5.32 Å². The first-order valence-corrected chi connectivity index (χ1v) is 10.5. The molecule has 10 heteroatoms. The van der Waals surface area contributed by atoms with Gasteiger partial charge in [0.05, 0.1) is 24.9 Å². The second-order valence-corrected chi connectivity index (χ2v) is 7.65. The van der Waals surface area contributed by atoms with Crippen LogP contribution in [0.5, 0.6) is 0 Å². The Balaban J connectivity index is 1.59. The molecule has 3 heterocycles. The topological polar surface area (TPSA) is 85.2 Å². The molecule has 0 spiro atoms. The second kappa shape index (κ2) is 8.49. The molecule has 156 valence electrons. The van der Waals surface area contributed by atoms with E-state index in [-0.39, 0.29) is 18.5 Å². The Hall–Kier alpha value is -2.85. The first-order valence-electron chi connectivity index (χ1n) is 9.23. The maximum Gasteiger partial charge on any atom is 0.287 e. The lowest BCUT2D eigenvalue weighted by Crippen LogP contribution is -2.27. The SMILES string of the molecule is CSc1ncc(C)c(-c2cn(C[C@@H]3CO3)c(C(=O)NCc3ccc(F)c(F)c3)n2)n1. The summed E-state index contributed by atoms with van der Waals surface area (Å²) in [6, 6.07) is 3.50. The molecular formula is C20H19F2N5O2S. The molecule has 1 saturated heterocycles. The lowest BCUT2D eigenvalue weighted by Gasteiger charge is -2.07. The first kappa shape index (κ1) is 20.4. The molecular weight excluding hydrogens is 412 g/mol. The van der Waals surface area contributed by atoms with Crippen molar-refractivity contribution in [3.63, 3.8) is 0 Å². The van der Waals surface area contributed by atoms with Crippen LogP contribution in [0.2, 0.25) is 0 Å². The van der Waals surface area contributed by atoms with Gasteiger partial charge in [-0.25, -0.2) is 23.7 Å². The number of nitrogens with zero attached hydrogens (tertiary/aromatic N) is 4. The molecule has 2 aromatic heterocycles. The van der Waals surface area contributed by atoms with Gasteiger partial charge in [0, 0.05) is 18.9 Å². The molecule has 4 rings (SSSR count). The summed E-state index contributed by atoms with van der Waals surface area (Å²) in [6.07, 6.45) is 5.42. The maximum atomic E-state index is 13.4. The van der Waals surface area contributed by atoms with Gasteiger partial charge in [-0.3, -0.25) is 4.79 Å². The average molecular weight is 431 g/mol. The standard InChI is InChI=1S/C20H19F2N5O2S/c1-11-6-24-20(30-2)26-17(11)16-9-27(8-13-10-29-13)18(25-16)19(28)23-7-12-3-4-14(21)15(22)5-12/h3-6,9,13H,7-8,10H2,1-2H3,(H,23,28)/t13-/m1/s1. The van der Waals surface area contributed by atoms with Crippen LogP contribution in [0, 0.1) is 18.6 Å². The third kappa shape index (κ3) is 4.49. The summed E-state index contributed by atoms with van der Waals surface area (Å²) in [6.45, 7) is 3.04. The summed E-state index contributed by atoms with van der Waals surface area (Å²) in [7, 11) is 0. The third-order valence-electron chi connectivity index (χ3n) is 4.59. The molecule has 1 N–H and O–H groups in total. The van der Waals surface area contributed by atoms with Gasteiger partial charge in [-0.2, -0.15) is 0 Å². The molecule has 1 atom stereocenters. The fraction of sp³-hybridized carbons (Fsp3) is 0.300. The van der Waals surface area contributed by atoms with Gasteiger partial charge in [0.15, 0.2) is 22.6 Å². The number of ether oxygens (including phenoxy) is 1. The minimum Gasteiger partial charge on any atom is -0.371 e. The van der Waals surface area contributed by atoms with E-state index in [1.54, 1.807) is 17.0 Å². The lowest BCUT2D eigenvalue weighted by molar-refractivity contribution is 0.0935. The number of aryl methyl sites for hydroxylation is 1. The summed E-state index contributed by atoms with van der Waals surface area (Å²) in [5.41, 5.74) is 2.50. The fourth-order valence-corrected chi connectivity index (χ4v) is 3.28. The first-order chi connectivity index (χ1) is 14.4. The molecule has 0 unspecified atom stereocenters. The molecule has 1 fully saturated rings. The number of halogens is 2. The Morgan fingerprint density at radius 2 is 2.13 bits per heavy atom. The molecule has 3 aromatic rings. The van der Waals surface area contributed by atoms with Gasteiger partial charge in [-0.1, -0.05) is 17.8 Å². The highest BCUT2D eigenvalue weighted by molar-refractivity contribution is 7.98. The van der Waals surface area contributed by atoms with Crippen LogP contribution >= 0.6 is 11.8 Å². The highest BCUT2D eigenvalue weighted by Gasteiger charge is 2.27. The smallest absolute Gasteiger partial charge is 0.287 e. The number of hydrogen-bond acceptors (Lipinski definition) is 6. The van der Waals surface area contributed by atoms with Crippen molar-refractivity contribution in [2.45, 2.75) is 31.3 Å². The molecule has 0 radical (unpaired) electrons. The van der Waals surface area contributed by atoms with E-state index in [0.29, 0.717) is 35.3 Å². The van der Waals surface area contributed by atoms with Crippen molar-refractivity contribution in [1.82, 2.24) is 24.8 Å². The van der Waals surface area contributed by atoms with Gasteiger partial charge >= 0.3 is 0 Å². The van der Waals surface area contributed by atoms with Crippen LogP contribution in [0.25, 0.3) is 11.4 Å². The van der Waals surface area contributed by atoms with Crippen molar-refractivity contribution >= 4 is 17.7 Å². The van der Waals surface area contributed by atoms with E-state index in [1.807, 2.05) is 13.2 Å². The average Bonchev–Trinajstić information content (AvgIpc) is 3.46. The lowest BCUT2D eigenvalue weighted by atomic mass is 10.2. The van der Waals surface area contributed by atoms with E-state index in [0.717, 1.165) is 17.7 Å². The van der Waals surface area contributed by atoms with Crippen molar-refractivity contribution in [3.8, 4) is 11.4 Å². The van der Waals surface area contributed by atoms with Gasteiger partial charge in [0.1, 0.15) is 5.69 Å². The number of hydrogen-bond donors (Lipinski definition) is 1. The molecule has 1 amide bonds. The van der Waals surface area contributed by atoms with Crippen molar-refractivity contribution in [1.29, 1.82) is 0 Å². The number of amides is 1. The number of epoxide rings is 1. The van der Waals surface area contributed by atoms with E-state index in [2.05, 4.69) is 20.3 Å². The highest BCUT2D eigenvalue weighted by Crippen LogP contribution is 2.24. The van der Waals surface area contributed by atoms with E-state index < -0.39 is 17.5 Å². The quantitative estimate of drug-likeness (QED) is 0.352. The van der Waals surface area contributed by atoms with E-state index >= 15 is 0 Å². The number of imidazole rings is 1. The number of rotatable bonds is 7. The van der Waals surface area contributed by atoms with Gasteiger partial charge in [-0.05, 0) is 36.4 Å². The molecule has 1 aliphatic rings. The van der Waals surface area contributed by atoms with Crippen molar-refractivity contribution in [2.75, 3.05) is 12.9 Å². The number of nitrogens with one attached hydrogen (secondary N) is 1. The number of thioether (sulfide) groups is 1. The molecule has 1 aromatic carbocycles. The van der Waals surface area contributed by atoms with Gasteiger partial charge < -0.3 is 14.6 Å². The van der Waals surface area contributed by atoms with E-state index in [1.165, 1.54) is 17.8 Å². The zero-order valence-electron chi connectivity index (χ0n) is 16.4. The number of benzene rings is 1. The number of aromatic nitrogens is 4. The summed E-state index contributed by atoms with van der Waals surface area (Å²) < 4.78 is 33.5. The molecule has 30 heavy (non-hydrogen) atoms. The predicted octanol–water partition coefficient (Wildman–Crippen LogP) is 2.98. The Morgan fingerprint density at radius 1 is 1.33 bits per heavy atom. The summed E-state index contributed by atoms with van der Waals surface area (Å²) in [4.78, 5) is 26.1. The van der Waals surface area contributed by atoms with Crippen LogP contribution in [-0.2, 0) is 17.8 Å². The molecule has 0 saturated carbocycles. The summed E-state index contributed by atoms with van der Waals surface area (Å²) in [5, 5.41) is 3.32. The fourth-order valence-electron chi connectivity index (χ4n) is 2.94. The van der Waals surface area contributed by atoms with Crippen LogP contribution in [0.3, 0.4) is 0 Å². The maximum absolute atomic E-state index is 13.4. The normalized spacial score (nSPS) is 15.3. The van der Waals surface area contributed by atoms with E-state index in [9.17, 15) is 13.6 Å². The zero-order valence-corrected chi connectivity index (χ0v) is 17.2. The Morgan fingerprint density at radius 3 is 2.83 bits per heavy atom. The van der Waals surface area contributed by atoms with Gasteiger partial charge in [-0.15, -0.1) is 0 Å². The van der Waals surface area contributed by atoms with Crippen LogP contribution in [0.4, 0.5) is 8.78 Å².